The first-order valence-corrected chi connectivity index (χ1v) is 11.0. The molecule has 4 heteroatoms. The van der Waals surface area contributed by atoms with Crippen LogP contribution in [0, 0.1) is 0 Å². The molecule has 0 amide bonds. The fraction of sp³-hybridized carbons (Fsp3) is 0.105. The molecule has 114 valence electrons. The molecule has 1 aromatic carbocycles. The molecule has 3 aromatic heterocycles. The van der Waals surface area contributed by atoms with Gasteiger partial charge in [0.15, 0.2) is 0 Å². The summed E-state index contributed by atoms with van der Waals surface area (Å²) in [6, 6.07) is 17.6. The number of para-hydroxylation sites is 1. The summed E-state index contributed by atoms with van der Waals surface area (Å²) in [5.74, 6) is 0. The van der Waals surface area contributed by atoms with Crippen LogP contribution in [0.5, 0.6) is 0 Å². The van der Waals surface area contributed by atoms with E-state index in [2.05, 4.69) is 77.6 Å². The average Bonchev–Trinajstić information content (AvgIpc) is 3.30. The summed E-state index contributed by atoms with van der Waals surface area (Å²) in [6.07, 6.45) is 4.58. The molecule has 0 aliphatic heterocycles. The summed E-state index contributed by atoms with van der Waals surface area (Å²) in [5.41, 5.74) is 1.34. The molecule has 0 bridgehead atoms. The molecule has 4 rings (SSSR count). The van der Waals surface area contributed by atoms with Gasteiger partial charge in [-0.25, -0.2) is 0 Å². The van der Waals surface area contributed by atoms with Crippen molar-refractivity contribution in [2.45, 2.75) is 13.5 Å². The zero-order chi connectivity index (χ0) is 15.6. The van der Waals surface area contributed by atoms with E-state index in [1.54, 1.807) is 0 Å². The zero-order valence-electron chi connectivity index (χ0n) is 12.7. The predicted octanol–water partition coefficient (Wildman–Crippen LogP) is 5.16. The molecule has 0 saturated heterocycles. The van der Waals surface area contributed by atoms with E-state index >= 15 is 0 Å². The second-order valence-electron chi connectivity index (χ2n) is 5.16. The molecule has 0 atom stereocenters. The monoisotopic (exact) mass is 402 g/mol. The molecule has 0 unspecified atom stereocenters. The van der Waals surface area contributed by atoms with Crippen LogP contribution in [-0.2, 0) is 6.54 Å². The van der Waals surface area contributed by atoms with E-state index in [-0.39, 0.29) is 0 Å². The topological polar surface area (TPSA) is 3.88 Å². The number of aromatic nitrogens is 1. The van der Waals surface area contributed by atoms with Crippen LogP contribution in [0.25, 0.3) is 31.7 Å². The van der Waals surface area contributed by atoms with Gasteiger partial charge in [-0.1, -0.05) is 0 Å². The molecule has 0 aliphatic rings. The Balaban J connectivity index is 1.66. The van der Waals surface area contributed by atoms with E-state index in [4.69, 9.17) is 0 Å². The number of fused-ring (bicyclic) bond motifs is 1. The number of thiazole rings is 1. The van der Waals surface area contributed by atoms with Gasteiger partial charge in [0.1, 0.15) is 0 Å². The third-order valence-electron chi connectivity index (χ3n) is 3.73. The van der Waals surface area contributed by atoms with Gasteiger partial charge in [0, 0.05) is 0 Å². The molecule has 4 aromatic rings. The zero-order valence-corrected chi connectivity index (χ0v) is 16.1. The van der Waals surface area contributed by atoms with Crippen LogP contribution in [0.4, 0.5) is 0 Å². The van der Waals surface area contributed by atoms with E-state index in [0.717, 1.165) is 6.54 Å². The van der Waals surface area contributed by atoms with E-state index < -0.39 is 0 Å². The first-order valence-electron chi connectivity index (χ1n) is 7.58. The maximum atomic E-state index is 2.40. The molecule has 0 N–H and O–H groups in total. The quantitative estimate of drug-likeness (QED) is 0.328. The molecule has 0 radical (unpaired) electrons. The summed E-state index contributed by atoms with van der Waals surface area (Å²) in [6.45, 7) is 3.22. The molecule has 0 spiro atoms. The number of benzene rings is 1. The van der Waals surface area contributed by atoms with Gasteiger partial charge in [-0.2, -0.15) is 0 Å². The van der Waals surface area contributed by atoms with Gasteiger partial charge < -0.3 is 0 Å². The molecule has 0 aliphatic carbocycles. The SMILES string of the molecule is CC[n+]1c(/C=C/c2ccc(-c3cccs3)[se]2)sc2ccccc21. The molecular weight excluding hydrogens is 385 g/mol. The molecule has 3 heterocycles. The number of rotatable bonds is 4. The summed E-state index contributed by atoms with van der Waals surface area (Å²) < 4.78 is 6.69. The standard InChI is InChI=1S/C19H16NS2Se/c1-2-20-15-6-3-4-7-16(15)22-19(20)12-10-14-9-11-18(23-14)17-8-5-13-21-17/h3-13H,2H2,1H3/q+1/b12-10+. The van der Waals surface area contributed by atoms with Crippen molar-refractivity contribution in [1.82, 2.24) is 0 Å². The Bertz CT molecular complexity index is 961. The minimum absolute atomic E-state index is 0.426. The van der Waals surface area contributed by atoms with Gasteiger partial charge in [-0.3, -0.25) is 0 Å². The first-order chi connectivity index (χ1) is 11.3. The van der Waals surface area contributed by atoms with Crippen LogP contribution in [0.15, 0.2) is 53.9 Å². The molecule has 23 heavy (non-hydrogen) atoms. The number of thiophene rings is 1. The van der Waals surface area contributed by atoms with E-state index in [0.29, 0.717) is 14.5 Å². The summed E-state index contributed by atoms with van der Waals surface area (Å²) >= 11 is 4.13. The number of hydrogen-bond acceptors (Lipinski definition) is 2. The second-order valence-corrected chi connectivity index (χ2v) is 9.51. The van der Waals surface area contributed by atoms with Gasteiger partial charge in [0.25, 0.3) is 0 Å². The average molecular weight is 401 g/mol. The van der Waals surface area contributed by atoms with Crippen molar-refractivity contribution in [3.63, 3.8) is 0 Å². The Labute approximate surface area is 149 Å². The van der Waals surface area contributed by atoms with Crippen molar-refractivity contribution < 1.29 is 4.57 Å². The van der Waals surface area contributed by atoms with Crippen LogP contribution < -0.4 is 4.57 Å². The van der Waals surface area contributed by atoms with Crippen LogP contribution >= 0.6 is 22.7 Å². The van der Waals surface area contributed by atoms with E-state index in [9.17, 15) is 0 Å². The Morgan fingerprint density at radius 1 is 1.04 bits per heavy atom. The van der Waals surface area contributed by atoms with Crippen molar-refractivity contribution in [3.8, 4) is 9.31 Å². The fourth-order valence-electron chi connectivity index (χ4n) is 2.65. The summed E-state index contributed by atoms with van der Waals surface area (Å²) in [5, 5.41) is 3.48. The van der Waals surface area contributed by atoms with Crippen molar-refractivity contribution >= 4 is 59.5 Å². The Hall–Kier alpha value is -1.45. The van der Waals surface area contributed by atoms with Gasteiger partial charge >= 0.3 is 150 Å². The van der Waals surface area contributed by atoms with Crippen molar-refractivity contribution in [1.29, 1.82) is 0 Å². The minimum atomic E-state index is 0.426. The third-order valence-corrected chi connectivity index (χ3v) is 8.33. The van der Waals surface area contributed by atoms with Gasteiger partial charge in [-0.15, -0.1) is 0 Å². The van der Waals surface area contributed by atoms with Gasteiger partial charge in [-0.05, 0) is 0 Å². The third kappa shape index (κ3) is 3.00. The predicted molar refractivity (Wildman–Crippen MR) is 103 cm³/mol. The van der Waals surface area contributed by atoms with Crippen molar-refractivity contribution in [2.75, 3.05) is 0 Å². The summed E-state index contributed by atoms with van der Waals surface area (Å²) in [7, 11) is 0. The molecule has 0 fully saturated rings. The fourth-order valence-corrected chi connectivity index (χ4v) is 6.69. The summed E-state index contributed by atoms with van der Waals surface area (Å²) in [4.78, 5) is 1.41. The number of aryl methyl sites for hydroxylation is 1. The van der Waals surface area contributed by atoms with Crippen LogP contribution in [-0.4, -0.2) is 14.5 Å². The molecular formula is C19H16NS2Se+. The van der Waals surface area contributed by atoms with Crippen LogP contribution in [0.3, 0.4) is 0 Å². The van der Waals surface area contributed by atoms with E-state index in [1.807, 2.05) is 22.7 Å². The van der Waals surface area contributed by atoms with Gasteiger partial charge in [0.05, 0.1) is 0 Å². The van der Waals surface area contributed by atoms with Crippen molar-refractivity contribution in [3.05, 3.63) is 63.4 Å². The Morgan fingerprint density at radius 2 is 1.96 bits per heavy atom. The Kier molecular flexibility index (Phi) is 4.32. The Morgan fingerprint density at radius 3 is 2.78 bits per heavy atom. The normalized spacial score (nSPS) is 11.7. The van der Waals surface area contributed by atoms with Crippen LogP contribution in [0.1, 0.15) is 16.4 Å². The van der Waals surface area contributed by atoms with Crippen LogP contribution in [0.2, 0.25) is 0 Å². The number of hydrogen-bond donors (Lipinski definition) is 0. The maximum absolute atomic E-state index is 2.40. The van der Waals surface area contributed by atoms with Gasteiger partial charge in [0.2, 0.25) is 0 Å². The second kappa shape index (κ2) is 6.58. The van der Waals surface area contributed by atoms with Crippen molar-refractivity contribution in [2.24, 2.45) is 0 Å². The number of nitrogens with zero attached hydrogens (tertiary/aromatic N) is 1. The first kappa shape index (κ1) is 15.1. The van der Waals surface area contributed by atoms with E-state index in [1.165, 1.54) is 29.0 Å². The molecule has 1 nitrogen and oxygen atoms in total. The molecule has 0 saturated carbocycles.